The Kier molecular flexibility index (Phi) is 4.99. The SMILES string of the molecule is CCCC(C)N1C(=O)C(C(C)(C)C)NC(=O)CC1C. The van der Waals surface area contributed by atoms with Gasteiger partial charge < -0.3 is 10.2 Å². The highest BCUT2D eigenvalue weighted by molar-refractivity contribution is 5.91. The molecule has 3 unspecified atom stereocenters. The number of nitrogens with one attached hydrogen (secondary N) is 1. The third-order valence-electron chi connectivity index (χ3n) is 3.81. The molecule has 1 aliphatic rings. The normalized spacial score (nSPS) is 26.9. The molecule has 1 aliphatic heterocycles. The molecule has 1 rings (SSSR count). The second-order valence-electron chi connectivity index (χ2n) is 6.80. The number of carbonyl (C=O) groups excluding carboxylic acids is 2. The van der Waals surface area contributed by atoms with Gasteiger partial charge in [-0.2, -0.15) is 0 Å². The molecule has 3 atom stereocenters. The molecule has 2 amide bonds. The van der Waals surface area contributed by atoms with E-state index in [9.17, 15) is 9.59 Å². The van der Waals surface area contributed by atoms with Gasteiger partial charge in [0.25, 0.3) is 0 Å². The Balaban J connectivity index is 3.06. The molecule has 1 heterocycles. The number of amides is 2. The van der Waals surface area contributed by atoms with Crippen LogP contribution in [0.2, 0.25) is 0 Å². The van der Waals surface area contributed by atoms with Crippen LogP contribution in [0.1, 0.15) is 60.8 Å². The Morgan fingerprint density at radius 1 is 1.37 bits per heavy atom. The maximum Gasteiger partial charge on any atom is 0.246 e. The number of nitrogens with zero attached hydrogens (tertiary/aromatic N) is 1. The van der Waals surface area contributed by atoms with Crippen molar-refractivity contribution in [2.45, 2.75) is 78.9 Å². The van der Waals surface area contributed by atoms with Crippen molar-refractivity contribution in [3.05, 3.63) is 0 Å². The first-order valence-electron chi connectivity index (χ1n) is 7.30. The minimum Gasteiger partial charge on any atom is -0.344 e. The van der Waals surface area contributed by atoms with E-state index in [-0.39, 0.29) is 29.3 Å². The van der Waals surface area contributed by atoms with E-state index in [1.165, 1.54) is 0 Å². The van der Waals surface area contributed by atoms with Gasteiger partial charge in [0.2, 0.25) is 11.8 Å². The van der Waals surface area contributed by atoms with Gasteiger partial charge in [-0.1, -0.05) is 34.1 Å². The van der Waals surface area contributed by atoms with Crippen LogP contribution >= 0.6 is 0 Å². The average Bonchev–Trinajstić information content (AvgIpc) is 2.34. The van der Waals surface area contributed by atoms with Crippen LogP contribution in [0.5, 0.6) is 0 Å². The minimum atomic E-state index is -0.427. The second-order valence-corrected chi connectivity index (χ2v) is 6.80. The Bertz CT molecular complexity index is 347. The van der Waals surface area contributed by atoms with Gasteiger partial charge in [-0.15, -0.1) is 0 Å². The molecule has 0 saturated carbocycles. The summed E-state index contributed by atoms with van der Waals surface area (Å²) in [6, 6.07) is -0.268. The van der Waals surface area contributed by atoms with Crippen LogP contribution in [0.25, 0.3) is 0 Å². The molecule has 0 aromatic carbocycles. The van der Waals surface area contributed by atoms with Crippen molar-refractivity contribution in [2.24, 2.45) is 5.41 Å². The van der Waals surface area contributed by atoms with Crippen molar-refractivity contribution < 1.29 is 9.59 Å². The molecule has 4 nitrogen and oxygen atoms in total. The summed E-state index contributed by atoms with van der Waals surface area (Å²) in [5.41, 5.74) is -0.263. The summed E-state index contributed by atoms with van der Waals surface area (Å²) < 4.78 is 0. The molecule has 1 saturated heterocycles. The summed E-state index contributed by atoms with van der Waals surface area (Å²) in [5.74, 6) is 0.0405. The minimum absolute atomic E-state index is 0.0213. The van der Waals surface area contributed by atoms with E-state index in [0.29, 0.717) is 6.42 Å². The summed E-state index contributed by atoms with van der Waals surface area (Å²) in [4.78, 5) is 26.6. The fourth-order valence-electron chi connectivity index (χ4n) is 2.81. The predicted molar refractivity (Wildman–Crippen MR) is 76.7 cm³/mol. The smallest absolute Gasteiger partial charge is 0.246 e. The molecule has 0 radical (unpaired) electrons. The zero-order chi connectivity index (χ0) is 14.8. The maximum absolute atomic E-state index is 12.8. The summed E-state index contributed by atoms with van der Waals surface area (Å²) in [6.45, 7) is 12.1. The van der Waals surface area contributed by atoms with Crippen LogP contribution < -0.4 is 5.32 Å². The van der Waals surface area contributed by atoms with Gasteiger partial charge in [0, 0.05) is 18.5 Å². The first kappa shape index (κ1) is 16.0. The number of rotatable bonds is 3. The predicted octanol–water partition coefficient (Wildman–Crippen LogP) is 2.33. The first-order valence-corrected chi connectivity index (χ1v) is 7.30. The van der Waals surface area contributed by atoms with E-state index in [0.717, 1.165) is 12.8 Å². The third kappa shape index (κ3) is 3.71. The Labute approximate surface area is 116 Å². The molecule has 0 aromatic heterocycles. The van der Waals surface area contributed by atoms with E-state index in [1.54, 1.807) is 0 Å². The lowest BCUT2D eigenvalue weighted by molar-refractivity contribution is -0.139. The highest BCUT2D eigenvalue weighted by Gasteiger charge is 2.41. The van der Waals surface area contributed by atoms with Crippen LogP contribution in [0.15, 0.2) is 0 Å². The van der Waals surface area contributed by atoms with Gasteiger partial charge in [-0.05, 0) is 25.7 Å². The van der Waals surface area contributed by atoms with E-state index in [4.69, 9.17) is 0 Å². The molecule has 19 heavy (non-hydrogen) atoms. The molecule has 1 N–H and O–H groups in total. The van der Waals surface area contributed by atoms with Crippen molar-refractivity contribution in [3.63, 3.8) is 0 Å². The van der Waals surface area contributed by atoms with Gasteiger partial charge in [0.05, 0.1) is 0 Å². The van der Waals surface area contributed by atoms with Crippen LogP contribution in [0, 0.1) is 5.41 Å². The lowest BCUT2D eigenvalue weighted by Crippen LogP contribution is -2.54. The average molecular weight is 268 g/mol. The highest BCUT2D eigenvalue weighted by atomic mass is 16.2. The standard InChI is InChI=1S/C15H28N2O2/c1-7-8-10(2)17-11(3)9-12(18)16-13(14(17)19)15(4,5)6/h10-11,13H,7-9H2,1-6H3,(H,16,18). The van der Waals surface area contributed by atoms with Crippen molar-refractivity contribution in [2.75, 3.05) is 0 Å². The molecule has 0 aliphatic carbocycles. The van der Waals surface area contributed by atoms with Gasteiger partial charge in [0.15, 0.2) is 0 Å². The maximum atomic E-state index is 12.8. The summed E-state index contributed by atoms with van der Waals surface area (Å²) in [7, 11) is 0. The lowest BCUT2D eigenvalue weighted by Gasteiger charge is -2.37. The van der Waals surface area contributed by atoms with E-state index < -0.39 is 6.04 Å². The highest BCUT2D eigenvalue weighted by Crippen LogP contribution is 2.26. The molecular formula is C15H28N2O2. The van der Waals surface area contributed by atoms with Crippen LogP contribution in [0.4, 0.5) is 0 Å². The zero-order valence-electron chi connectivity index (χ0n) is 13.1. The largest absolute Gasteiger partial charge is 0.344 e. The third-order valence-corrected chi connectivity index (χ3v) is 3.81. The lowest BCUT2D eigenvalue weighted by atomic mass is 9.85. The van der Waals surface area contributed by atoms with E-state index in [1.807, 2.05) is 32.6 Å². The van der Waals surface area contributed by atoms with Gasteiger partial charge in [-0.25, -0.2) is 0 Å². The monoisotopic (exact) mass is 268 g/mol. The van der Waals surface area contributed by atoms with Crippen molar-refractivity contribution >= 4 is 11.8 Å². The summed E-state index contributed by atoms with van der Waals surface area (Å²) in [6.07, 6.45) is 2.41. The van der Waals surface area contributed by atoms with Gasteiger partial charge >= 0.3 is 0 Å². The van der Waals surface area contributed by atoms with Gasteiger partial charge in [-0.3, -0.25) is 9.59 Å². The fraction of sp³-hybridized carbons (Fsp3) is 0.867. The molecule has 0 bridgehead atoms. The van der Waals surface area contributed by atoms with Crippen molar-refractivity contribution in [1.29, 1.82) is 0 Å². The van der Waals surface area contributed by atoms with E-state index in [2.05, 4.69) is 19.2 Å². The molecule has 1 fully saturated rings. The summed E-state index contributed by atoms with van der Waals surface area (Å²) >= 11 is 0. The van der Waals surface area contributed by atoms with Crippen LogP contribution in [0.3, 0.4) is 0 Å². The first-order chi connectivity index (χ1) is 8.68. The van der Waals surface area contributed by atoms with E-state index >= 15 is 0 Å². The Morgan fingerprint density at radius 3 is 2.42 bits per heavy atom. The number of hydrogen-bond acceptors (Lipinski definition) is 2. The topological polar surface area (TPSA) is 49.4 Å². The van der Waals surface area contributed by atoms with Gasteiger partial charge in [0.1, 0.15) is 6.04 Å². The second kappa shape index (κ2) is 5.93. The number of carbonyl (C=O) groups is 2. The number of hydrogen-bond donors (Lipinski definition) is 1. The molecule has 0 aromatic rings. The molecule has 0 spiro atoms. The van der Waals surface area contributed by atoms with Crippen LogP contribution in [-0.4, -0.2) is 34.8 Å². The summed E-state index contributed by atoms with van der Waals surface area (Å²) in [5, 5.41) is 2.90. The Hall–Kier alpha value is -1.06. The van der Waals surface area contributed by atoms with Crippen LogP contribution in [-0.2, 0) is 9.59 Å². The van der Waals surface area contributed by atoms with Crippen molar-refractivity contribution in [1.82, 2.24) is 10.2 Å². The Morgan fingerprint density at radius 2 is 1.95 bits per heavy atom. The molecule has 110 valence electrons. The molecular weight excluding hydrogens is 240 g/mol. The fourth-order valence-corrected chi connectivity index (χ4v) is 2.81. The zero-order valence-corrected chi connectivity index (χ0v) is 13.1. The van der Waals surface area contributed by atoms with Crippen molar-refractivity contribution in [3.8, 4) is 0 Å². The molecule has 4 heteroatoms. The quantitative estimate of drug-likeness (QED) is 0.854.